The van der Waals surface area contributed by atoms with Gasteiger partial charge in [-0.05, 0) is 52.0 Å². The van der Waals surface area contributed by atoms with Crippen molar-refractivity contribution in [1.82, 2.24) is 10.6 Å². The number of rotatable bonds is 1. The molecule has 0 aromatic carbocycles. The minimum Gasteiger partial charge on any atom is -0.444 e. The second-order valence-electron chi connectivity index (χ2n) is 6.27. The molecule has 0 spiro atoms. The van der Waals surface area contributed by atoms with Crippen molar-refractivity contribution in [3.63, 3.8) is 0 Å². The maximum atomic E-state index is 11.8. The van der Waals surface area contributed by atoms with Crippen LogP contribution in [-0.4, -0.2) is 30.8 Å². The number of amides is 1. The molecule has 106 valence electrons. The number of hydrogen-bond acceptors (Lipinski definition) is 3. The van der Waals surface area contributed by atoms with Crippen molar-refractivity contribution in [2.45, 2.75) is 51.7 Å². The number of alkyl carbamates (subject to hydrolysis) is 1. The zero-order chi connectivity index (χ0) is 12.5. The van der Waals surface area contributed by atoms with Crippen LogP contribution in [0.4, 0.5) is 4.79 Å². The Morgan fingerprint density at radius 3 is 2.67 bits per heavy atom. The molecule has 2 rings (SSSR count). The minimum atomic E-state index is -0.411. The lowest BCUT2D eigenvalue weighted by molar-refractivity contribution is 0.0461. The Hall–Kier alpha value is -0.480. The molecule has 2 aliphatic rings. The summed E-state index contributed by atoms with van der Waals surface area (Å²) in [5, 5.41) is 6.47. The fourth-order valence-corrected chi connectivity index (χ4v) is 2.99. The second kappa shape index (κ2) is 6.11. The quantitative estimate of drug-likeness (QED) is 0.773. The van der Waals surface area contributed by atoms with E-state index in [2.05, 4.69) is 10.6 Å². The summed E-state index contributed by atoms with van der Waals surface area (Å²) < 4.78 is 5.32. The average Bonchev–Trinajstić information content (AvgIpc) is 2.63. The van der Waals surface area contributed by atoms with E-state index in [1.165, 1.54) is 12.8 Å². The number of carbonyl (C=O) groups is 1. The molecular formula is C13H25ClN2O2. The van der Waals surface area contributed by atoms with Crippen molar-refractivity contribution in [2.24, 2.45) is 11.8 Å². The van der Waals surface area contributed by atoms with Gasteiger partial charge < -0.3 is 15.4 Å². The molecule has 1 saturated carbocycles. The van der Waals surface area contributed by atoms with Crippen LogP contribution in [0, 0.1) is 11.8 Å². The van der Waals surface area contributed by atoms with E-state index in [0.29, 0.717) is 12.0 Å². The Labute approximate surface area is 116 Å². The highest BCUT2D eigenvalue weighted by atomic mass is 35.5. The third-order valence-corrected chi connectivity index (χ3v) is 3.70. The van der Waals surface area contributed by atoms with Crippen LogP contribution in [0.1, 0.15) is 40.0 Å². The van der Waals surface area contributed by atoms with Crippen molar-refractivity contribution in [3.05, 3.63) is 0 Å². The molecule has 2 fully saturated rings. The van der Waals surface area contributed by atoms with Gasteiger partial charge in [-0.25, -0.2) is 4.79 Å². The van der Waals surface area contributed by atoms with Gasteiger partial charge in [0.05, 0.1) is 0 Å². The van der Waals surface area contributed by atoms with Crippen LogP contribution in [0.2, 0.25) is 0 Å². The lowest BCUT2D eigenvalue weighted by Crippen LogP contribution is -2.47. The van der Waals surface area contributed by atoms with Gasteiger partial charge in [0.15, 0.2) is 0 Å². The first kappa shape index (κ1) is 15.6. The third-order valence-electron chi connectivity index (χ3n) is 3.70. The van der Waals surface area contributed by atoms with E-state index in [9.17, 15) is 4.79 Å². The minimum absolute atomic E-state index is 0. The van der Waals surface area contributed by atoms with Gasteiger partial charge in [-0.1, -0.05) is 6.42 Å². The molecule has 5 heteroatoms. The largest absolute Gasteiger partial charge is 0.444 e. The van der Waals surface area contributed by atoms with Crippen molar-refractivity contribution in [1.29, 1.82) is 0 Å². The molecule has 1 heterocycles. The molecule has 0 aromatic rings. The molecule has 18 heavy (non-hydrogen) atoms. The summed E-state index contributed by atoms with van der Waals surface area (Å²) in [6.07, 6.45) is 3.32. The summed E-state index contributed by atoms with van der Waals surface area (Å²) in [6.45, 7) is 7.83. The van der Waals surface area contributed by atoms with Gasteiger partial charge in [-0.2, -0.15) is 0 Å². The number of fused-ring (bicyclic) bond motifs is 1. The Morgan fingerprint density at radius 1 is 1.28 bits per heavy atom. The predicted molar refractivity (Wildman–Crippen MR) is 74.1 cm³/mol. The van der Waals surface area contributed by atoms with Gasteiger partial charge in [0.2, 0.25) is 0 Å². The van der Waals surface area contributed by atoms with E-state index >= 15 is 0 Å². The Morgan fingerprint density at radius 2 is 2.00 bits per heavy atom. The van der Waals surface area contributed by atoms with E-state index in [-0.39, 0.29) is 18.5 Å². The number of carbonyl (C=O) groups excluding carboxylic acids is 1. The van der Waals surface area contributed by atoms with Gasteiger partial charge >= 0.3 is 6.09 Å². The maximum Gasteiger partial charge on any atom is 0.407 e. The molecule has 1 saturated heterocycles. The Balaban J connectivity index is 0.00000162. The third kappa shape index (κ3) is 4.02. The summed E-state index contributed by atoms with van der Waals surface area (Å²) in [5.74, 6) is 1.33. The van der Waals surface area contributed by atoms with Crippen LogP contribution < -0.4 is 10.6 Å². The van der Waals surface area contributed by atoms with Gasteiger partial charge in [-0.15, -0.1) is 12.4 Å². The van der Waals surface area contributed by atoms with Crippen LogP contribution in [0.3, 0.4) is 0 Å². The van der Waals surface area contributed by atoms with Crippen molar-refractivity contribution >= 4 is 18.5 Å². The highest BCUT2D eigenvalue weighted by Crippen LogP contribution is 2.32. The zero-order valence-electron chi connectivity index (χ0n) is 11.5. The Kier molecular flexibility index (Phi) is 5.29. The zero-order valence-corrected chi connectivity index (χ0v) is 12.3. The fourth-order valence-electron chi connectivity index (χ4n) is 2.99. The normalized spacial score (nSPS) is 31.2. The maximum absolute atomic E-state index is 11.8. The molecular weight excluding hydrogens is 252 g/mol. The molecule has 1 unspecified atom stereocenters. The first-order valence-corrected chi connectivity index (χ1v) is 6.66. The van der Waals surface area contributed by atoms with E-state index in [4.69, 9.17) is 4.74 Å². The predicted octanol–water partition coefficient (Wildman–Crippen LogP) is 2.32. The summed E-state index contributed by atoms with van der Waals surface area (Å²) in [7, 11) is 0. The number of hydrogen-bond donors (Lipinski definition) is 2. The molecule has 0 radical (unpaired) electrons. The first-order valence-electron chi connectivity index (χ1n) is 6.66. The van der Waals surface area contributed by atoms with Crippen molar-refractivity contribution in [2.75, 3.05) is 13.1 Å². The van der Waals surface area contributed by atoms with E-state index in [0.717, 1.165) is 25.4 Å². The molecule has 4 nitrogen and oxygen atoms in total. The average molecular weight is 277 g/mol. The van der Waals surface area contributed by atoms with E-state index in [1.54, 1.807) is 0 Å². The van der Waals surface area contributed by atoms with E-state index < -0.39 is 5.60 Å². The van der Waals surface area contributed by atoms with Gasteiger partial charge in [0, 0.05) is 12.6 Å². The van der Waals surface area contributed by atoms with Gasteiger partial charge in [0.1, 0.15) is 5.60 Å². The molecule has 2 N–H and O–H groups in total. The summed E-state index contributed by atoms with van der Waals surface area (Å²) >= 11 is 0. The van der Waals surface area contributed by atoms with Gasteiger partial charge in [0.25, 0.3) is 0 Å². The fraction of sp³-hybridized carbons (Fsp3) is 0.923. The van der Waals surface area contributed by atoms with Crippen LogP contribution in [0.15, 0.2) is 0 Å². The van der Waals surface area contributed by atoms with Gasteiger partial charge in [-0.3, -0.25) is 0 Å². The lowest BCUT2D eigenvalue weighted by Gasteiger charge is -2.34. The molecule has 1 amide bonds. The molecule has 1 aliphatic carbocycles. The number of nitrogens with one attached hydrogen (secondary N) is 2. The first-order chi connectivity index (χ1) is 7.96. The smallest absolute Gasteiger partial charge is 0.407 e. The second-order valence-corrected chi connectivity index (χ2v) is 6.27. The standard InChI is InChI=1S/C13H24N2O2.ClH/c1-13(2,3)17-12(16)15-11-6-4-5-9-7-14-8-10(9)11;/h9-11,14H,4-8H2,1-3H3,(H,15,16);1H/t9-,10-,11?;/m0./s1. The van der Waals surface area contributed by atoms with Crippen LogP contribution in [0.25, 0.3) is 0 Å². The summed E-state index contributed by atoms with van der Waals surface area (Å²) in [4.78, 5) is 11.8. The van der Waals surface area contributed by atoms with Crippen LogP contribution >= 0.6 is 12.4 Å². The Bertz CT molecular complexity index is 291. The molecule has 3 atom stereocenters. The highest BCUT2D eigenvalue weighted by molar-refractivity contribution is 5.85. The highest BCUT2D eigenvalue weighted by Gasteiger charge is 2.37. The molecule has 0 bridgehead atoms. The summed E-state index contributed by atoms with van der Waals surface area (Å²) in [6, 6.07) is 0.290. The molecule has 1 aliphatic heterocycles. The van der Waals surface area contributed by atoms with Crippen molar-refractivity contribution < 1.29 is 9.53 Å². The van der Waals surface area contributed by atoms with Crippen LogP contribution in [-0.2, 0) is 4.74 Å². The van der Waals surface area contributed by atoms with Crippen LogP contribution in [0.5, 0.6) is 0 Å². The number of ether oxygens (including phenoxy) is 1. The van der Waals surface area contributed by atoms with E-state index in [1.807, 2.05) is 20.8 Å². The lowest BCUT2D eigenvalue weighted by atomic mass is 9.78. The molecule has 0 aromatic heterocycles. The van der Waals surface area contributed by atoms with Crippen molar-refractivity contribution in [3.8, 4) is 0 Å². The topological polar surface area (TPSA) is 50.4 Å². The summed E-state index contributed by atoms with van der Waals surface area (Å²) in [5.41, 5.74) is -0.411. The SMILES string of the molecule is CC(C)(C)OC(=O)NC1CCC[C@H]2CNC[C@H]12.Cl. The number of halogens is 1. The monoisotopic (exact) mass is 276 g/mol.